The van der Waals surface area contributed by atoms with Gasteiger partial charge in [0.15, 0.2) is 16.4 Å². The lowest BCUT2D eigenvalue weighted by Crippen LogP contribution is -2.22. The average Bonchev–Trinajstić information content (AvgIpc) is 2.60. The van der Waals surface area contributed by atoms with Gasteiger partial charge in [-0.05, 0) is 37.1 Å². The van der Waals surface area contributed by atoms with E-state index in [9.17, 15) is 28.1 Å². The highest BCUT2D eigenvalue weighted by atomic mass is 32.2. The fraction of sp³-hybridized carbons (Fsp3) is 0.222. The van der Waals surface area contributed by atoms with Crippen molar-refractivity contribution in [2.75, 3.05) is 18.2 Å². The van der Waals surface area contributed by atoms with Gasteiger partial charge in [-0.25, -0.2) is 13.2 Å². The molecule has 0 atom stereocenters. The van der Waals surface area contributed by atoms with Crippen LogP contribution in [0.4, 0.5) is 11.4 Å². The molecule has 9 nitrogen and oxygen atoms in total. The largest absolute Gasteiger partial charge is 0.452 e. The van der Waals surface area contributed by atoms with E-state index in [1.165, 1.54) is 30.3 Å². The molecule has 28 heavy (non-hydrogen) atoms. The molecule has 2 aromatic rings. The zero-order valence-corrected chi connectivity index (χ0v) is 16.2. The van der Waals surface area contributed by atoms with Crippen molar-refractivity contribution in [3.8, 4) is 0 Å². The SMILES string of the molecule is Cc1ccc(S(C)(=O)=O)cc1C(=O)OCC(=O)Nc1c(C)cccc1[N+](=O)[O-]. The number of hydrogen-bond acceptors (Lipinski definition) is 7. The van der Waals surface area contributed by atoms with E-state index in [2.05, 4.69) is 5.32 Å². The Morgan fingerprint density at radius 3 is 2.43 bits per heavy atom. The number of carbonyl (C=O) groups is 2. The molecule has 0 radical (unpaired) electrons. The summed E-state index contributed by atoms with van der Waals surface area (Å²) in [7, 11) is -3.52. The highest BCUT2D eigenvalue weighted by Crippen LogP contribution is 2.27. The topological polar surface area (TPSA) is 133 Å². The molecule has 0 aromatic heterocycles. The Balaban J connectivity index is 2.12. The molecule has 2 aromatic carbocycles. The lowest BCUT2D eigenvalue weighted by Gasteiger charge is -2.10. The number of benzene rings is 2. The molecular formula is C18H18N2O7S. The number of sulfone groups is 1. The summed E-state index contributed by atoms with van der Waals surface area (Å²) in [5.41, 5.74) is 0.704. The van der Waals surface area contributed by atoms with Crippen molar-refractivity contribution < 1.29 is 27.7 Å². The zero-order chi connectivity index (χ0) is 21.1. The summed E-state index contributed by atoms with van der Waals surface area (Å²) in [6.07, 6.45) is 1.01. The van der Waals surface area contributed by atoms with Crippen LogP contribution >= 0.6 is 0 Å². The number of esters is 1. The summed E-state index contributed by atoms with van der Waals surface area (Å²) in [5, 5.41) is 13.4. The van der Waals surface area contributed by atoms with Crippen molar-refractivity contribution in [3.63, 3.8) is 0 Å². The lowest BCUT2D eigenvalue weighted by molar-refractivity contribution is -0.384. The first-order valence-electron chi connectivity index (χ1n) is 8.02. The van der Waals surface area contributed by atoms with Gasteiger partial charge in [-0.2, -0.15) is 0 Å². The molecule has 0 saturated heterocycles. The Morgan fingerprint density at radius 1 is 1.14 bits per heavy atom. The number of amides is 1. The predicted molar refractivity (Wildman–Crippen MR) is 101 cm³/mol. The molecule has 0 spiro atoms. The number of nitrogens with one attached hydrogen (secondary N) is 1. The van der Waals surface area contributed by atoms with Crippen LogP contribution in [-0.2, 0) is 19.4 Å². The maximum Gasteiger partial charge on any atom is 0.338 e. The van der Waals surface area contributed by atoms with Crippen LogP contribution < -0.4 is 5.32 Å². The number of ether oxygens (including phenoxy) is 1. The van der Waals surface area contributed by atoms with Crippen LogP contribution in [0.1, 0.15) is 21.5 Å². The third kappa shape index (κ3) is 4.92. The third-order valence-corrected chi connectivity index (χ3v) is 5.01. The number of nitro groups is 1. The van der Waals surface area contributed by atoms with Crippen molar-refractivity contribution >= 4 is 33.1 Å². The molecule has 0 saturated carbocycles. The summed E-state index contributed by atoms with van der Waals surface area (Å²) >= 11 is 0. The molecule has 0 aliphatic carbocycles. The van der Waals surface area contributed by atoms with Crippen LogP contribution in [0.15, 0.2) is 41.3 Å². The normalized spacial score (nSPS) is 11.0. The van der Waals surface area contributed by atoms with Crippen LogP contribution in [0.25, 0.3) is 0 Å². The van der Waals surface area contributed by atoms with E-state index < -0.39 is 33.2 Å². The zero-order valence-electron chi connectivity index (χ0n) is 15.4. The number of hydrogen-bond donors (Lipinski definition) is 1. The van der Waals surface area contributed by atoms with Crippen LogP contribution in [-0.4, -0.2) is 38.1 Å². The Labute approximate surface area is 161 Å². The van der Waals surface area contributed by atoms with Gasteiger partial charge in [-0.1, -0.05) is 18.2 Å². The Hall–Kier alpha value is -3.27. The summed E-state index contributed by atoms with van der Waals surface area (Å²) in [5.74, 6) is -1.64. The molecule has 0 fully saturated rings. The van der Waals surface area contributed by atoms with E-state index in [0.717, 1.165) is 6.26 Å². The van der Waals surface area contributed by atoms with Crippen molar-refractivity contribution in [2.45, 2.75) is 18.7 Å². The molecule has 1 N–H and O–H groups in total. The Kier molecular flexibility index (Phi) is 6.14. The minimum atomic E-state index is -3.52. The van der Waals surface area contributed by atoms with Crippen molar-refractivity contribution in [3.05, 3.63) is 63.2 Å². The first-order valence-corrected chi connectivity index (χ1v) is 9.91. The highest BCUT2D eigenvalue weighted by Gasteiger charge is 2.20. The molecule has 0 bridgehead atoms. The summed E-state index contributed by atoms with van der Waals surface area (Å²) in [6, 6.07) is 8.33. The van der Waals surface area contributed by atoms with E-state index in [1.54, 1.807) is 19.9 Å². The van der Waals surface area contributed by atoms with Gasteiger partial charge in [-0.3, -0.25) is 14.9 Å². The van der Waals surface area contributed by atoms with Gasteiger partial charge < -0.3 is 10.1 Å². The van der Waals surface area contributed by atoms with Crippen molar-refractivity contribution in [1.82, 2.24) is 0 Å². The molecule has 1 amide bonds. The number of aryl methyl sites for hydroxylation is 2. The van der Waals surface area contributed by atoms with Gasteiger partial charge in [0.2, 0.25) is 0 Å². The molecule has 0 aliphatic heterocycles. The summed E-state index contributed by atoms with van der Waals surface area (Å²) < 4.78 is 28.2. The maximum absolute atomic E-state index is 12.2. The second kappa shape index (κ2) is 8.17. The van der Waals surface area contributed by atoms with Gasteiger partial charge >= 0.3 is 5.97 Å². The van der Waals surface area contributed by atoms with E-state index in [1.807, 2.05) is 0 Å². The van der Waals surface area contributed by atoms with E-state index in [0.29, 0.717) is 11.1 Å². The third-order valence-electron chi connectivity index (χ3n) is 3.90. The quantitative estimate of drug-likeness (QED) is 0.442. The standard InChI is InChI=1S/C18H18N2O7S/c1-11-7-8-13(28(3,25)26)9-14(11)18(22)27-10-16(21)19-17-12(2)5-4-6-15(17)20(23)24/h4-9H,10H2,1-3H3,(H,19,21). The summed E-state index contributed by atoms with van der Waals surface area (Å²) in [6.45, 7) is 2.50. The van der Waals surface area contributed by atoms with Gasteiger partial charge in [0.05, 0.1) is 15.4 Å². The van der Waals surface area contributed by atoms with Gasteiger partial charge in [0, 0.05) is 12.3 Å². The number of anilines is 1. The smallest absolute Gasteiger partial charge is 0.338 e. The number of para-hydroxylation sites is 1. The van der Waals surface area contributed by atoms with Crippen LogP contribution in [0.2, 0.25) is 0 Å². The Morgan fingerprint density at radius 2 is 1.82 bits per heavy atom. The number of nitro benzene ring substituents is 1. The second-order valence-electron chi connectivity index (χ2n) is 6.10. The molecule has 10 heteroatoms. The summed E-state index contributed by atoms with van der Waals surface area (Å²) in [4.78, 5) is 34.7. The monoisotopic (exact) mass is 406 g/mol. The molecule has 0 unspecified atom stereocenters. The number of carbonyl (C=O) groups excluding carboxylic acids is 2. The van der Waals surface area contributed by atoms with E-state index in [4.69, 9.17) is 4.74 Å². The van der Waals surface area contributed by atoms with E-state index >= 15 is 0 Å². The molecular weight excluding hydrogens is 388 g/mol. The van der Waals surface area contributed by atoms with Crippen LogP contribution in [0.5, 0.6) is 0 Å². The van der Waals surface area contributed by atoms with Crippen LogP contribution in [0, 0.1) is 24.0 Å². The van der Waals surface area contributed by atoms with Crippen LogP contribution in [0.3, 0.4) is 0 Å². The van der Waals surface area contributed by atoms with Gasteiger partial charge in [-0.15, -0.1) is 0 Å². The predicted octanol–water partition coefficient (Wildman–Crippen LogP) is 2.41. The Bertz CT molecular complexity index is 1060. The number of rotatable bonds is 6. The first-order chi connectivity index (χ1) is 13.0. The first kappa shape index (κ1) is 21.0. The van der Waals surface area contributed by atoms with Gasteiger partial charge in [0.25, 0.3) is 11.6 Å². The lowest BCUT2D eigenvalue weighted by atomic mass is 10.1. The molecule has 2 rings (SSSR count). The van der Waals surface area contributed by atoms with Crippen molar-refractivity contribution in [1.29, 1.82) is 0 Å². The number of nitrogens with zero attached hydrogens (tertiary/aromatic N) is 1. The molecule has 0 heterocycles. The van der Waals surface area contributed by atoms with Crippen molar-refractivity contribution in [2.24, 2.45) is 0 Å². The minimum absolute atomic E-state index is 0.0117. The fourth-order valence-electron chi connectivity index (χ4n) is 2.40. The average molecular weight is 406 g/mol. The molecule has 148 valence electrons. The minimum Gasteiger partial charge on any atom is -0.452 e. The second-order valence-corrected chi connectivity index (χ2v) is 8.12. The molecule has 0 aliphatic rings. The maximum atomic E-state index is 12.2. The highest BCUT2D eigenvalue weighted by molar-refractivity contribution is 7.90. The van der Waals surface area contributed by atoms with Gasteiger partial charge in [0.1, 0.15) is 5.69 Å². The van der Waals surface area contributed by atoms with E-state index in [-0.39, 0.29) is 21.8 Å². The fourth-order valence-corrected chi connectivity index (χ4v) is 3.05.